The van der Waals surface area contributed by atoms with Crippen molar-refractivity contribution in [1.82, 2.24) is 9.80 Å². The lowest BCUT2D eigenvalue weighted by molar-refractivity contribution is 0.0994. The second-order valence-corrected chi connectivity index (χ2v) is 7.41. The summed E-state index contributed by atoms with van der Waals surface area (Å²) in [5.74, 6) is 0.766. The summed E-state index contributed by atoms with van der Waals surface area (Å²) in [6.07, 6.45) is 3.81. The van der Waals surface area contributed by atoms with Gasteiger partial charge in [-0.05, 0) is 57.7 Å². The number of piperazine rings is 1. The molecule has 2 unspecified atom stereocenters. The van der Waals surface area contributed by atoms with Crippen LogP contribution in [0.3, 0.4) is 0 Å². The van der Waals surface area contributed by atoms with Gasteiger partial charge < -0.3 is 15.5 Å². The molecule has 0 aromatic carbocycles. The summed E-state index contributed by atoms with van der Waals surface area (Å²) in [6, 6.07) is 0.705. The molecule has 114 valence electrons. The van der Waals surface area contributed by atoms with Crippen molar-refractivity contribution in [2.24, 2.45) is 17.1 Å². The lowest BCUT2D eigenvalue weighted by Crippen LogP contribution is -2.50. The fourth-order valence-electron chi connectivity index (χ4n) is 3.10. The Bertz CT molecular complexity index is 247. The molecule has 1 heterocycles. The molecule has 1 fully saturated rings. The minimum atomic E-state index is 0.398. The van der Waals surface area contributed by atoms with Crippen molar-refractivity contribution < 1.29 is 0 Å². The van der Waals surface area contributed by atoms with Gasteiger partial charge in [0, 0.05) is 25.7 Å². The molecule has 1 aliphatic heterocycles. The van der Waals surface area contributed by atoms with Gasteiger partial charge in [-0.15, -0.1) is 0 Å². The van der Waals surface area contributed by atoms with E-state index in [4.69, 9.17) is 5.73 Å². The Hall–Kier alpha value is -0.120. The SMILES string of the molecule is CC1CN(CCCC(CCN)C(C)(C)C)CCN1C. The minimum absolute atomic E-state index is 0.398. The second-order valence-electron chi connectivity index (χ2n) is 7.41. The zero-order valence-electron chi connectivity index (χ0n) is 13.8. The smallest absolute Gasteiger partial charge is 0.0192 e. The van der Waals surface area contributed by atoms with Crippen LogP contribution in [0.25, 0.3) is 0 Å². The summed E-state index contributed by atoms with van der Waals surface area (Å²) < 4.78 is 0. The topological polar surface area (TPSA) is 32.5 Å². The highest BCUT2D eigenvalue weighted by Crippen LogP contribution is 2.32. The first-order valence-corrected chi connectivity index (χ1v) is 7.97. The van der Waals surface area contributed by atoms with Crippen molar-refractivity contribution in [2.45, 2.75) is 53.0 Å². The van der Waals surface area contributed by atoms with Gasteiger partial charge in [0.1, 0.15) is 0 Å². The molecule has 0 aromatic heterocycles. The van der Waals surface area contributed by atoms with E-state index in [1.807, 2.05) is 0 Å². The molecule has 0 aliphatic carbocycles. The molecular formula is C16H35N3. The average molecular weight is 269 g/mol. The quantitative estimate of drug-likeness (QED) is 0.804. The van der Waals surface area contributed by atoms with Crippen LogP contribution in [0.5, 0.6) is 0 Å². The first-order chi connectivity index (χ1) is 8.84. The molecule has 0 spiro atoms. The van der Waals surface area contributed by atoms with E-state index < -0.39 is 0 Å². The number of nitrogens with two attached hydrogens (primary N) is 1. The molecule has 2 atom stereocenters. The van der Waals surface area contributed by atoms with E-state index in [1.165, 1.54) is 45.4 Å². The highest BCUT2D eigenvalue weighted by Gasteiger charge is 2.24. The Balaban J connectivity index is 2.28. The Morgan fingerprint density at radius 2 is 1.89 bits per heavy atom. The van der Waals surface area contributed by atoms with E-state index in [9.17, 15) is 0 Å². The molecule has 1 rings (SSSR count). The highest BCUT2D eigenvalue weighted by molar-refractivity contribution is 4.78. The number of likely N-dealkylation sites (N-methyl/N-ethyl adjacent to an activating group) is 1. The van der Waals surface area contributed by atoms with Crippen LogP contribution in [-0.2, 0) is 0 Å². The normalized spacial score (nSPS) is 24.6. The summed E-state index contributed by atoms with van der Waals surface area (Å²) in [4.78, 5) is 5.09. The van der Waals surface area contributed by atoms with E-state index in [-0.39, 0.29) is 0 Å². The maximum atomic E-state index is 5.76. The lowest BCUT2D eigenvalue weighted by Gasteiger charge is -2.38. The van der Waals surface area contributed by atoms with Gasteiger partial charge in [0.25, 0.3) is 0 Å². The van der Waals surface area contributed by atoms with Gasteiger partial charge in [-0.25, -0.2) is 0 Å². The van der Waals surface area contributed by atoms with Crippen molar-refractivity contribution >= 4 is 0 Å². The predicted octanol–water partition coefficient (Wildman–Crippen LogP) is 2.41. The zero-order valence-corrected chi connectivity index (χ0v) is 13.8. The molecule has 1 aliphatic rings. The van der Waals surface area contributed by atoms with Crippen molar-refractivity contribution in [3.8, 4) is 0 Å². The molecule has 0 radical (unpaired) electrons. The third kappa shape index (κ3) is 5.80. The van der Waals surface area contributed by atoms with E-state index in [1.54, 1.807) is 0 Å². The predicted molar refractivity (Wildman–Crippen MR) is 84.4 cm³/mol. The van der Waals surface area contributed by atoms with Crippen LogP contribution in [0, 0.1) is 11.3 Å². The van der Waals surface area contributed by atoms with Gasteiger partial charge in [-0.1, -0.05) is 20.8 Å². The monoisotopic (exact) mass is 269 g/mol. The van der Waals surface area contributed by atoms with Crippen LogP contribution in [0.15, 0.2) is 0 Å². The summed E-state index contributed by atoms with van der Waals surface area (Å²) in [5, 5.41) is 0. The van der Waals surface area contributed by atoms with Gasteiger partial charge >= 0.3 is 0 Å². The molecule has 3 heteroatoms. The molecule has 1 saturated heterocycles. The Labute approximate surface area is 120 Å². The van der Waals surface area contributed by atoms with Crippen LogP contribution in [0.4, 0.5) is 0 Å². The number of hydrogen-bond acceptors (Lipinski definition) is 3. The largest absolute Gasteiger partial charge is 0.330 e. The number of hydrogen-bond donors (Lipinski definition) is 1. The van der Waals surface area contributed by atoms with Gasteiger partial charge in [0.05, 0.1) is 0 Å². The second kappa shape index (κ2) is 7.61. The first kappa shape index (κ1) is 16.9. The molecule has 0 amide bonds. The van der Waals surface area contributed by atoms with Crippen molar-refractivity contribution in [3.63, 3.8) is 0 Å². The zero-order chi connectivity index (χ0) is 14.5. The highest BCUT2D eigenvalue weighted by atomic mass is 15.3. The molecule has 0 saturated carbocycles. The third-order valence-corrected chi connectivity index (χ3v) is 4.81. The van der Waals surface area contributed by atoms with Crippen LogP contribution >= 0.6 is 0 Å². The number of nitrogens with zero attached hydrogens (tertiary/aromatic N) is 2. The van der Waals surface area contributed by atoms with E-state index in [0.717, 1.165) is 12.5 Å². The maximum Gasteiger partial charge on any atom is 0.0192 e. The summed E-state index contributed by atoms with van der Waals surface area (Å²) in [6.45, 7) is 15.2. The maximum absolute atomic E-state index is 5.76. The molecule has 0 bridgehead atoms. The van der Waals surface area contributed by atoms with Crippen LogP contribution < -0.4 is 5.73 Å². The Morgan fingerprint density at radius 1 is 1.21 bits per heavy atom. The fourth-order valence-corrected chi connectivity index (χ4v) is 3.10. The lowest BCUT2D eigenvalue weighted by atomic mass is 9.76. The van der Waals surface area contributed by atoms with E-state index in [0.29, 0.717) is 11.5 Å². The van der Waals surface area contributed by atoms with Gasteiger partial charge in [0.15, 0.2) is 0 Å². The van der Waals surface area contributed by atoms with Crippen molar-refractivity contribution in [1.29, 1.82) is 0 Å². The molecule has 0 aromatic rings. The van der Waals surface area contributed by atoms with Crippen molar-refractivity contribution in [3.05, 3.63) is 0 Å². The average Bonchev–Trinajstić information content (AvgIpc) is 2.31. The first-order valence-electron chi connectivity index (χ1n) is 7.97. The standard InChI is InChI=1S/C16H35N3/c1-14-13-19(12-11-18(14)5)10-6-7-15(8-9-17)16(2,3)4/h14-15H,6-13,17H2,1-5H3. The van der Waals surface area contributed by atoms with Crippen LogP contribution in [-0.4, -0.2) is 55.6 Å². The molecule has 3 nitrogen and oxygen atoms in total. The van der Waals surface area contributed by atoms with Gasteiger partial charge in [-0.2, -0.15) is 0 Å². The van der Waals surface area contributed by atoms with Gasteiger partial charge in [0.2, 0.25) is 0 Å². The summed E-state index contributed by atoms with van der Waals surface area (Å²) >= 11 is 0. The Morgan fingerprint density at radius 3 is 2.42 bits per heavy atom. The van der Waals surface area contributed by atoms with Crippen LogP contribution in [0.1, 0.15) is 47.0 Å². The molecule has 19 heavy (non-hydrogen) atoms. The van der Waals surface area contributed by atoms with Gasteiger partial charge in [-0.3, -0.25) is 0 Å². The van der Waals surface area contributed by atoms with Crippen molar-refractivity contribution in [2.75, 3.05) is 39.8 Å². The summed E-state index contributed by atoms with van der Waals surface area (Å²) in [5.41, 5.74) is 6.16. The Kier molecular flexibility index (Phi) is 6.78. The molecular weight excluding hydrogens is 234 g/mol. The molecule has 2 N–H and O–H groups in total. The van der Waals surface area contributed by atoms with E-state index >= 15 is 0 Å². The fraction of sp³-hybridized carbons (Fsp3) is 1.00. The van der Waals surface area contributed by atoms with Crippen LogP contribution in [0.2, 0.25) is 0 Å². The number of rotatable bonds is 6. The summed E-state index contributed by atoms with van der Waals surface area (Å²) in [7, 11) is 2.24. The van der Waals surface area contributed by atoms with E-state index in [2.05, 4.69) is 44.5 Å². The minimum Gasteiger partial charge on any atom is -0.330 e. The third-order valence-electron chi connectivity index (χ3n) is 4.81.